The zero-order valence-electron chi connectivity index (χ0n) is 12.1. The minimum Gasteiger partial charge on any atom is -0.497 e. The van der Waals surface area contributed by atoms with Crippen LogP contribution < -0.4 is 4.74 Å². The van der Waals surface area contributed by atoms with Crippen molar-refractivity contribution in [3.05, 3.63) is 29.8 Å². The monoisotopic (exact) mass is 293 g/mol. The molecule has 1 aliphatic rings. The Morgan fingerprint density at radius 2 is 2.24 bits per heavy atom. The van der Waals surface area contributed by atoms with E-state index in [0.717, 1.165) is 5.56 Å². The Kier molecular flexibility index (Phi) is 4.80. The van der Waals surface area contributed by atoms with Gasteiger partial charge < -0.3 is 19.5 Å². The number of morpholine rings is 1. The Morgan fingerprint density at radius 1 is 1.48 bits per heavy atom. The molecular formula is C15H19NO5. The fourth-order valence-corrected chi connectivity index (χ4v) is 2.33. The predicted octanol–water partition coefficient (Wildman–Crippen LogP) is 1.11. The van der Waals surface area contributed by atoms with Gasteiger partial charge in [-0.05, 0) is 24.6 Å². The predicted molar refractivity (Wildman–Crippen MR) is 75.4 cm³/mol. The van der Waals surface area contributed by atoms with Gasteiger partial charge in [0.2, 0.25) is 5.91 Å². The van der Waals surface area contributed by atoms with Gasteiger partial charge in [-0.15, -0.1) is 0 Å². The molecule has 1 amide bonds. The third-order valence-electron chi connectivity index (χ3n) is 3.62. The summed E-state index contributed by atoms with van der Waals surface area (Å²) in [6.07, 6.45) is -0.944. The van der Waals surface area contributed by atoms with E-state index in [9.17, 15) is 9.59 Å². The number of carboxylic acid groups (broad SMARTS) is 1. The minimum absolute atomic E-state index is 0.0858. The van der Waals surface area contributed by atoms with Crippen molar-refractivity contribution in [1.82, 2.24) is 4.90 Å². The smallest absolute Gasteiger partial charge is 0.334 e. The van der Waals surface area contributed by atoms with Gasteiger partial charge in [0, 0.05) is 6.54 Å². The molecule has 1 aromatic carbocycles. The highest BCUT2D eigenvalue weighted by Crippen LogP contribution is 2.23. The first-order chi connectivity index (χ1) is 10.0. The number of carbonyl (C=O) groups is 2. The highest BCUT2D eigenvalue weighted by atomic mass is 16.5. The maximum atomic E-state index is 12.5. The molecule has 0 saturated carbocycles. The maximum absolute atomic E-state index is 12.5. The van der Waals surface area contributed by atoms with E-state index in [-0.39, 0.29) is 25.0 Å². The summed E-state index contributed by atoms with van der Waals surface area (Å²) >= 11 is 0. The largest absolute Gasteiger partial charge is 0.497 e. The van der Waals surface area contributed by atoms with Crippen LogP contribution in [0, 0.1) is 0 Å². The topological polar surface area (TPSA) is 76.1 Å². The number of amides is 1. The highest BCUT2D eigenvalue weighted by Gasteiger charge is 2.31. The average Bonchev–Trinajstić information content (AvgIpc) is 2.53. The van der Waals surface area contributed by atoms with E-state index in [1.807, 2.05) is 31.2 Å². The minimum atomic E-state index is -1.04. The standard InChI is InChI=1S/C15H19NO5/c1-10(11-4-3-5-12(8-11)20-2)14(17)16-6-7-21-13(9-16)15(18)19/h3-5,8,10,13H,6-7,9H2,1-2H3,(H,18,19). The molecule has 0 bridgehead atoms. The lowest BCUT2D eigenvalue weighted by Gasteiger charge is -2.32. The molecule has 1 heterocycles. The molecule has 1 aliphatic heterocycles. The number of benzene rings is 1. The van der Waals surface area contributed by atoms with Gasteiger partial charge in [0.25, 0.3) is 0 Å². The average molecular weight is 293 g/mol. The molecule has 114 valence electrons. The van der Waals surface area contributed by atoms with Crippen molar-refractivity contribution in [2.45, 2.75) is 18.9 Å². The van der Waals surface area contributed by atoms with Crippen LogP contribution in [0.4, 0.5) is 0 Å². The molecule has 0 aliphatic carbocycles. The number of ether oxygens (including phenoxy) is 2. The van der Waals surface area contributed by atoms with Gasteiger partial charge in [-0.3, -0.25) is 4.79 Å². The maximum Gasteiger partial charge on any atom is 0.334 e. The molecule has 1 fully saturated rings. The lowest BCUT2D eigenvalue weighted by atomic mass is 9.99. The van der Waals surface area contributed by atoms with Gasteiger partial charge in [-0.1, -0.05) is 12.1 Å². The van der Waals surface area contributed by atoms with Crippen LogP contribution in [0.1, 0.15) is 18.4 Å². The number of methoxy groups -OCH3 is 1. The SMILES string of the molecule is COc1cccc(C(C)C(=O)N2CCOC(C(=O)O)C2)c1. The summed E-state index contributed by atoms with van der Waals surface area (Å²) < 4.78 is 10.3. The van der Waals surface area contributed by atoms with Crippen LogP contribution in [-0.4, -0.2) is 54.8 Å². The molecule has 0 radical (unpaired) electrons. The van der Waals surface area contributed by atoms with Crippen molar-refractivity contribution < 1.29 is 24.2 Å². The second kappa shape index (κ2) is 6.58. The van der Waals surface area contributed by atoms with E-state index in [0.29, 0.717) is 12.3 Å². The van der Waals surface area contributed by atoms with E-state index < -0.39 is 12.1 Å². The fourth-order valence-electron chi connectivity index (χ4n) is 2.33. The number of carbonyl (C=O) groups excluding carboxylic acids is 1. The van der Waals surface area contributed by atoms with Gasteiger partial charge in [0.15, 0.2) is 6.10 Å². The van der Waals surface area contributed by atoms with Crippen LogP contribution >= 0.6 is 0 Å². The van der Waals surface area contributed by atoms with Crippen LogP contribution in [0.25, 0.3) is 0 Å². The summed E-state index contributed by atoms with van der Waals surface area (Å²) in [6, 6.07) is 7.32. The Hall–Kier alpha value is -2.08. The molecule has 1 aromatic rings. The van der Waals surface area contributed by atoms with Crippen molar-refractivity contribution in [1.29, 1.82) is 0 Å². The van der Waals surface area contributed by atoms with E-state index in [4.69, 9.17) is 14.6 Å². The van der Waals surface area contributed by atoms with Crippen LogP contribution in [0.15, 0.2) is 24.3 Å². The Morgan fingerprint density at radius 3 is 2.90 bits per heavy atom. The number of nitrogens with zero attached hydrogens (tertiary/aromatic N) is 1. The third-order valence-corrected chi connectivity index (χ3v) is 3.62. The summed E-state index contributed by atoms with van der Waals surface area (Å²) in [5.41, 5.74) is 0.845. The van der Waals surface area contributed by atoms with E-state index in [1.54, 1.807) is 12.0 Å². The van der Waals surface area contributed by atoms with Gasteiger partial charge in [0.1, 0.15) is 5.75 Å². The zero-order chi connectivity index (χ0) is 15.4. The van der Waals surface area contributed by atoms with Crippen LogP contribution in [-0.2, 0) is 14.3 Å². The number of hydrogen-bond donors (Lipinski definition) is 1. The second-order valence-corrected chi connectivity index (χ2v) is 4.98. The second-order valence-electron chi connectivity index (χ2n) is 4.98. The molecule has 2 atom stereocenters. The van der Waals surface area contributed by atoms with Crippen LogP contribution in [0.2, 0.25) is 0 Å². The molecule has 6 heteroatoms. The Labute approximate surface area is 123 Å². The van der Waals surface area contributed by atoms with E-state index in [2.05, 4.69) is 0 Å². The van der Waals surface area contributed by atoms with Gasteiger partial charge >= 0.3 is 5.97 Å². The van der Waals surface area contributed by atoms with Gasteiger partial charge in [-0.2, -0.15) is 0 Å². The molecule has 21 heavy (non-hydrogen) atoms. The molecule has 0 spiro atoms. The summed E-state index contributed by atoms with van der Waals surface area (Å²) in [6.45, 7) is 2.55. The molecule has 0 aromatic heterocycles. The third kappa shape index (κ3) is 3.52. The van der Waals surface area contributed by atoms with Crippen molar-refractivity contribution in [2.75, 3.05) is 26.8 Å². The normalized spacial score (nSPS) is 19.9. The molecule has 2 unspecified atom stereocenters. The number of carboxylic acids is 1. The van der Waals surface area contributed by atoms with Gasteiger partial charge in [0.05, 0.1) is 26.2 Å². The number of hydrogen-bond acceptors (Lipinski definition) is 4. The number of aliphatic carboxylic acids is 1. The first kappa shape index (κ1) is 15.3. The zero-order valence-corrected chi connectivity index (χ0v) is 12.1. The first-order valence-electron chi connectivity index (χ1n) is 6.80. The summed E-state index contributed by atoms with van der Waals surface area (Å²) in [5.74, 6) is -0.801. The lowest BCUT2D eigenvalue weighted by Crippen LogP contribution is -2.49. The highest BCUT2D eigenvalue weighted by molar-refractivity contribution is 5.84. The molecule has 1 N–H and O–H groups in total. The first-order valence-corrected chi connectivity index (χ1v) is 6.80. The number of rotatable bonds is 4. The molecule has 2 rings (SSSR count). The summed E-state index contributed by atoms with van der Waals surface area (Å²) in [7, 11) is 1.57. The quantitative estimate of drug-likeness (QED) is 0.900. The van der Waals surface area contributed by atoms with Crippen molar-refractivity contribution >= 4 is 11.9 Å². The van der Waals surface area contributed by atoms with Gasteiger partial charge in [-0.25, -0.2) is 4.79 Å². The summed E-state index contributed by atoms with van der Waals surface area (Å²) in [4.78, 5) is 25.0. The van der Waals surface area contributed by atoms with Crippen molar-refractivity contribution in [2.24, 2.45) is 0 Å². The lowest BCUT2D eigenvalue weighted by molar-refractivity contribution is -0.159. The van der Waals surface area contributed by atoms with E-state index >= 15 is 0 Å². The van der Waals surface area contributed by atoms with Crippen LogP contribution in [0.3, 0.4) is 0 Å². The molecule has 1 saturated heterocycles. The fraction of sp³-hybridized carbons (Fsp3) is 0.467. The Balaban J connectivity index is 2.09. The molecular weight excluding hydrogens is 274 g/mol. The summed E-state index contributed by atoms with van der Waals surface area (Å²) in [5, 5.41) is 8.98. The van der Waals surface area contributed by atoms with E-state index in [1.165, 1.54) is 0 Å². The molecule has 6 nitrogen and oxygen atoms in total. The van der Waals surface area contributed by atoms with Crippen LogP contribution in [0.5, 0.6) is 5.75 Å². The van der Waals surface area contributed by atoms with Crippen molar-refractivity contribution in [3.63, 3.8) is 0 Å². The Bertz CT molecular complexity index is 531. The van der Waals surface area contributed by atoms with Crippen molar-refractivity contribution in [3.8, 4) is 5.75 Å².